The van der Waals surface area contributed by atoms with E-state index in [9.17, 15) is 0 Å². The van der Waals surface area contributed by atoms with Crippen molar-refractivity contribution in [3.63, 3.8) is 0 Å². The van der Waals surface area contributed by atoms with E-state index in [2.05, 4.69) is 18.8 Å². The summed E-state index contributed by atoms with van der Waals surface area (Å²) in [7, 11) is 0. The molecular formula is C9H15N. The van der Waals surface area contributed by atoms with Gasteiger partial charge in [-0.2, -0.15) is 0 Å². The predicted octanol–water partition coefficient (Wildman–Crippen LogP) is 2.22. The minimum Gasteiger partial charge on any atom is -0.385 e. The maximum atomic E-state index is 3.76. The first-order chi connectivity index (χ1) is 4.88. The van der Waals surface area contributed by atoms with Gasteiger partial charge in [-0.25, -0.2) is 0 Å². The zero-order chi connectivity index (χ0) is 7.40. The van der Waals surface area contributed by atoms with Gasteiger partial charge in [0.25, 0.3) is 0 Å². The lowest BCUT2D eigenvalue weighted by atomic mass is 10.0. The van der Waals surface area contributed by atoms with Gasteiger partial charge in [0.1, 0.15) is 0 Å². The van der Waals surface area contributed by atoms with Crippen LogP contribution in [0.4, 0.5) is 0 Å². The van der Waals surface area contributed by atoms with E-state index in [0.717, 1.165) is 13.0 Å². The summed E-state index contributed by atoms with van der Waals surface area (Å²) in [5.74, 6) is 0. The van der Waals surface area contributed by atoms with E-state index in [0.29, 0.717) is 0 Å². The first-order valence-corrected chi connectivity index (χ1v) is 3.96. The third kappa shape index (κ3) is 1.41. The Morgan fingerprint density at radius 2 is 2.50 bits per heavy atom. The third-order valence-corrected chi connectivity index (χ3v) is 1.98. The molecule has 1 heterocycles. The average molecular weight is 137 g/mol. The highest BCUT2D eigenvalue weighted by Gasteiger charge is 2.06. The van der Waals surface area contributed by atoms with Crippen LogP contribution in [0.25, 0.3) is 0 Å². The summed E-state index contributed by atoms with van der Waals surface area (Å²) in [5.41, 5.74) is 2.80. The Kier molecular flexibility index (Phi) is 2.55. The van der Waals surface area contributed by atoms with Crippen molar-refractivity contribution in [1.82, 2.24) is 5.32 Å². The Labute approximate surface area is 62.8 Å². The predicted molar refractivity (Wildman–Crippen MR) is 44.8 cm³/mol. The molecule has 1 aliphatic heterocycles. The highest BCUT2D eigenvalue weighted by molar-refractivity contribution is 5.24. The van der Waals surface area contributed by atoms with Gasteiger partial charge in [0.15, 0.2) is 0 Å². The van der Waals surface area contributed by atoms with Crippen LogP contribution in [0.1, 0.15) is 26.2 Å². The molecule has 1 rings (SSSR count). The summed E-state index contributed by atoms with van der Waals surface area (Å²) in [6.45, 7) is 7.08. The van der Waals surface area contributed by atoms with Crippen molar-refractivity contribution in [3.8, 4) is 0 Å². The molecule has 56 valence electrons. The second-order valence-electron chi connectivity index (χ2n) is 2.61. The highest BCUT2D eigenvalue weighted by Crippen LogP contribution is 2.17. The third-order valence-electron chi connectivity index (χ3n) is 1.98. The standard InChI is InChI=1S/C9H15N/c1-3-8-6-5-7-10-9(8)4-2/h4,10H,2-3,5-7H2,1H3. The molecule has 1 N–H and O–H groups in total. The maximum Gasteiger partial charge on any atom is 0.0326 e. The van der Waals surface area contributed by atoms with Crippen LogP contribution in [0, 0.1) is 0 Å². The van der Waals surface area contributed by atoms with E-state index in [4.69, 9.17) is 0 Å². The Balaban J connectivity index is 2.72. The van der Waals surface area contributed by atoms with Crippen LogP contribution < -0.4 is 5.32 Å². The molecule has 0 saturated heterocycles. The molecular weight excluding hydrogens is 122 g/mol. The SMILES string of the molecule is C=CC1=C(CC)CCCN1. The topological polar surface area (TPSA) is 12.0 Å². The number of nitrogens with one attached hydrogen (secondary N) is 1. The average Bonchev–Trinajstić information content (AvgIpc) is 2.04. The fraction of sp³-hybridized carbons (Fsp3) is 0.556. The molecule has 0 aromatic carbocycles. The largest absolute Gasteiger partial charge is 0.385 e. The van der Waals surface area contributed by atoms with Gasteiger partial charge in [0.05, 0.1) is 0 Å². The Morgan fingerprint density at radius 3 is 3.00 bits per heavy atom. The van der Waals surface area contributed by atoms with Gasteiger partial charge in [-0.1, -0.05) is 13.5 Å². The van der Waals surface area contributed by atoms with Gasteiger partial charge in [0.2, 0.25) is 0 Å². The minimum absolute atomic E-state index is 1.12. The van der Waals surface area contributed by atoms with Gasteiger partial charge in [-0.15, -0.1) is 0 Å². The van der Waals surface area contributed by atoms with Crippen LogP contribution >= 0.6 is 0 Å². The lowest BCUT2D eigenvalue weighted by Gasteiger charge is -2.18. The molecule has 0 amide bonds. The van der Waals surface area contributed by atoms with Gasteiger partial charge >= 0.3 is 0 Å². The Hall–Kier alpha value is -0.720. The first kappa shape index (κ1) is 7.39. The van der Waals surface area contributed by atoms with Crippen molar-refractivity contribution in [1.29, 1.82) is 0 Å². The van der Waals surface area contributed by atoms with E-state index in [1.807, 2.05) is 6.08 Å². The molecule has 0 radical (unpaired) electrons. The number of hydrogen-bond acceptors (Lipinski definition) is 1. The highest BCUT2D eigenvalue weighted by atomic mass is 14.9. The second-order valence-corrected chi connectivity index (χ2v) is 2.61. The molecule has 0 bridgehead atoms. The van der Waals surface area contributed by atoms with Crippen molar-refractivity contribution >= 4 is 0 Å². The summed E-state index contributed by atoms with van der Waals surface area (Å²) in [4.78, 5) is 0. The summed E-state index contributed by atoms with van der Waals surface area (Å²) >= 11 is 0. The van der Waals surface area contributed by atoms with Gasteiger partial charge in [-0.05, 0) is 30.9 Å². The number of hydrogen-bond donors (Lipinski definition) is 1. The van der Waals surface area contributed by atoms with Crippen molar-refractivity contribution in [3.05, 3.63) is 23.9 Å². The molecule has 0 unspecified atom stereocenters. The van der Waals surface area contributed by atoms with E-state index < -0.39 is 0 Å². The van der Waals surface area contributed by atoms with Crippen molar-refractivity contribution < 1.29 is 0 Å². The summed E-state index contributed by atoms with van der Waals surface area (Å²) in [5, 5.41) is 3.33. The maximum absolute atomic E-state index is 3.76. The number of rotatable bonds is 2. The van der Waals surface area contributed by atoms with E-state index in [1.165, 1.54) is 24.1 Å². The summed E-state index contributed by atoms with van der Waals surface area (Å²) < 4.78 is 0. The smallest absolute Gasteiger partial charge is 0.0326 e. The fourth-order valence-corrected chi connectivity index (χ4v) is 1.37. The second kappa shape index (κ2) is 3.45. The van der Waals surface area contributed by atoms with Crippen molar-refractivity contribution in [2.24, 2.45) is 0 Å². The molecule has 0 aliphatic carbocycles. The quantitative estimate of drug-likeness (QED) is 0.615. The van der Waals surface area contributed by atoms with Crippen molar-refractivity contribution in [2.45, 2.75) is 26.2 Å². The van der Waals surface area contributed by atoms with Gasteiger partial charge in [0, 0.05) is 12.2 Å². The Morgan fingerprint density at radius 1 is 1.70 bits per heavy atom. The molecule has 1 aliphatic rings. The monoisotopic (exact) mass is 137 g/mol. The molecule has 0 atom stereocenters. The summed E-state index contributed by atoms with van der Waals surface area (Å²) in [6.07, 6.45) is 5.62. The van der Waals surface area contributed by atoms with Gasteiger partial charge in [-0.3, -0.25) is 0 Å². The molecule has 0 aromatic rings. The van der Waals surface area contributed by atoms with Gasteiger partial charge < -0.3 is 5.32 Å². The van der Waals surface area contributed by atoms with Crippen LogP contribution in [0.2, 0.25) is 0 Å². The van der Waals surface area contributed by atoms with Crippen LogP contribution in [0.3, 0.4) is 0 Å². The molecule has 0 saturated carbocycles. The zero-order valence-corrected chi connectivity index (χ0v) is 6.61. The molecule has 1 heteroatoms. The Bertz CT molecular complexity index is 156. The zero-order valence-electron chi connectivity index (χ0n) is 6.61. The fourth-order valence-electron chi connectivity index (χ4n) is 1.37. The van der Waals surface area contributed by atoms with Crippen LogP contribution in [-0.2, 0) is 0 Å². The van der Waals surface area contributed by atoms with Crippen molar-refractivity contribution in [2.75, 3.05) is 6.54 Å². The molecule has 1 nitrogen and oxygen atoms in total. The molecule has 0 spiro atoms. The van der Waals surface area contributed by atoms with Crippen LogP contribution in [-0.4, -0.2) is 6.54 Å². The van der Waals surface area contributed by atoms with Crippen LogP contribution in [0.15, 0.2) is 23.9 Å². The lowest BCUT2D eigenvalue weighted by molar-refractivity contribution is 0.658. The van der Waals surface area contributed by atoms with E-state index in [-0.39, 0.29) is 0 Å². The van der Waals surface area contributed by atoms with E-state index in [1.54, 1.807) is 0 Å². The molecule has 0 fully saturated rings. The van der Waals surface area contributed by atoms with Crippen LogP contribution in [0.5, 0.6) is 0 Å². The minimum atomic E-state index is 1.12. The van der Waals surface area contributed by atoms with E-state index >= 15 is 0 Å². The molecule has 10 heavy (non-hydrogen) atoms. The lowest BCUT2D eigenvalue weighted by Crippen LogP contribution is -2.20. The normalized spacial score (nSPS) is 18.5. The first-order valence-electron chi connectivity index (χ1n) is 3.96. The number of allylic oxidation sites excluding steroid dienone is 2. The summed E-state index contributed by atoms with van der Waals surface area (Å²) in [6, 6.07) is 0. The molecule has 0 aromatic heterocycles.